The molecule has 0 atom stereocenters. The van der Waals surface area contributed by atoms with Gasteiger partial charge in [0, 0.05) is 60.6 Å². The van der Waals surface area contributed by atoms with Gasteiger partial charge in [0.2, 0.25) is 5.91 Å². The lowest BCUT2D eigenvalue weighted by molar-refractivity contribution is -0.130. The predicted octanol–water partition coefficient (Wildman–Crippen LogP) is 4.61. The fourth-order valence-corrected chi connectivity index (χ4v) is 4.34. The first kappa shape index (κ1) is 20.4. The van der Waals surface area contributed by atoms with Crippen molar-refractivity contribution in [2.75, 3.05) is 26.3 Å². The topological polar surface area (TPSA) is 71.6 Å². The summed E-state index contributed by atoms with van der Waals surface area (Å²) in [5.41, 5.74) is 4.14. The highest BCUT2D eigenvalue weighted by Crippen LogP contribution is 2.31. The zero-order chi connectivity index (χ0) is 21.9. The molecule has 1 aromatic heterocycles. The van der Waals surface area contributed by atoms with Crippen LogP contribution in [-0.2, 0) is 4.79 Å². The maximum absolute atomic E-state index is 12.7. The van der Waals surface area contributed by atoms with E-state index in [1.165, 1.54) is 16.5 Å². The van der Waals surface area contributed by atoms with Gasteiger partial charge in [-0.05, 0) is 36.3 Å². The molecule has 0 saturated heterocycles. The summed E-state index contributed by atoms with van der Waals surface area (Å²) >= 11 is 0. The maximum atomic E-state index is 12.7. The monoisotopic (exact) mass is 430 g/mol. The molecule has 1 N–H and O–H groups in total. The quantitative estimate of drug-likeness (QED) is 0.600. The lowest BCUT2D eigenvalue weighted by Gasteiger charge is -2.26. The van der Waals surface area contributed by atoms with Crippen LogP contribution in [0.4, 0.5) is 0 Å². The van der Waals surface area contributed by atoms with Crippen LogP contribution in [-0.4, -0.2) is 47.9 Å². The molecule has 5 rings (SSSR count). The van der Waals surface area contributed by atoms with E-state index in [1.807, 2.05) is 23.2 Å². The minimum atomic E-state index is -0.0546. The molecule has 6 nitrogen and oxygen atoms in total. The molecular formula is C26H26N2O4. The number of nitrogens with zero attached hydrogens (tertiary/aromatic N) is 1. The molecule has 164 valence electrons. The number of aromatic amines is 1. The first-order chi connectivity index (χ1) is 15.7. The first-order valence-corrected chi connectivity index (χ1v) is 11.2. The minimum Gasteiger partial charge on any atom is -0.490 e. The largest absolute Gasteiger partial charge is 0.490 e. The third-order valence-corrected chi connectivity index (χ3v) is 6.13. The molecule has 0 bridgehead atoms. The van der Waals surface area contributed by atoms with Crippen molar-refractivity contribution in [3.63, 3.8) is 0 Å². The van der Waals surface area contributed by atoms with Crippen LogP contribution in [0.15, 0.2) is 54.7 Å². The average molecular weight is 431 g/mol. The number of benzene rings is 2. The number of Topliss-reactive ketones (excluding diaryl/α,β-unsaturated/α-hetero) is 1. The number of carbonyl (C=O) groups excluding carboxylic acids is 2. The number of ketones is 1. The number of amides is 1. The molecule has 6 heteroatoms. The van der Waals surface area contributed by atoms with Crippen LogP contribution in [0.5, 0.6) is 11.5 Å². The summed E-state index contributed by atoms with van der Waals surface area (Å²) in [5, 5.41) is 1.21. The van der Waals surface area contributed by atoms with Crippen LogP contribution in [0.1, 0.15) is 41.6 Å². The van der Waals surface area contributed by atoms with Crippen LogP contribution >= 0.6 is 0 Å². The summed E-state index contributed by atoms with van der Waals surface area (Å²) < 4.78 is 11.3. The number of fused-ring (bicyclic) bond motifs is 2. The molecule has 0 fully saturated rings. The van der Waals surface area contributed by atoms with E-state index in [9.17, 15) is 9.59 Å². The van der Waals surface area contributed by atoms with Crippen molar-refractivity contribution < 1.29 is 19.1 Å². The van der Waals surface area contributed by atoms with Crippen molar-refractivity contribution in [1.29, 1.82) is 0 Å². The Kier molecular flexibility index (Phi) is 5.67. The van der Waals surface area contributed by atoms with Crippen molar-refractivity contribution in [3.8, 4) is 11.5 Å². The number of hydrogen-bond acceptors (Lipinski definition) is 4. The summed E-state index contributed by atoms with van der Waals surface area (Å²) in [5.74, 6) is 1.23. The van der Waals surface area contributed by atoms with Gasteiger partial charge in [0.15, 0.2) is 17.3 Å². The Morgan fingerprint density at radius 2 is 1.84 bits per heavy atom. The number of ether oxygens (including phenoxy) is 2. The second-order valence-electron chi connectivity index (χ2n) is 8.20. The SMILES string of the molecule is O=C(CCC(=O)N1CC=C(c2c[nH]c3ccccc23)CC1)c1ccc2c(c1)OCCCO2. The van der Waals surface area contributed by atoms with Gasteiger partial charge in [-0.15, -0.1) is 0 Å². The number of H-pyrrole nitrogens is 1. The Bertz CT molecular complexity index is 1190. The van der Waals surface area contributed by atoms with Crippen LogP contribution in [0.2, 0.25) is 0 Å². The van der Waals surface area contributed by atoms with E-state index >= 15 is 0 Å². The number of carbonyl (C=O) groups is 2. The summed E-state index contributed by atoms with van der Waals surface area (Å²) in [6.07, 6.45) is 6.20. The fourth-order valence-electron chi connectivity index (χ4n) is 4.34. The molecule has 2 aromatic carbocycles. The smallest absolute Gasteiger partial charge is 0.223 e. The molecule has 0 unspecified atom stereocenters. The fraction of sp³-hybridized carbons (Fsp3) is 0.308. The molecule has 32 heavy (non-hydrogen) atoms. The first-order valence-electron chi connectivity index (χ1n) is 11.2. The zero-order valence-electron chi connectivity index (χ0n) is 17.9. The van der Waals surface area contributed by atoms with Crippen molar-refractivity contribution in [2.45, 2.75) is 25.7 Å². The summed E-state index contributed by atoms with van der Waals surface area (Å²) in [4.78, 5) is 30.5. The van der Waals surface area contributed by atoms with Crippen molar-refractivity contribution >= 4 is 28.2 Å². The van der Waals surface area contributed by atoms with Crippen molar-refractivity contribution in [2.24, 2.45) is 0 Å². The van der Waals surface area contributed by atoms with Gasteiger partial charge in [0.1, 0.15) is 0 Å². The van der Waals surface area contributed by atoms with Crippen molar-refractivity contribution in [3.05, 3.63) is 65.9 Å². The van der Waals surface area contributed by atoms with Gasteiger partial charge in [0.25, 0.3) is 0 Å². The van der Waals surface area contributed by atoms with Gasteiger partial charge in [-0.1, -0.05) is 24.3 Å². The Morgan fingerprint density at radius 1 is 1.00 bits per heavy atom. The summed E-state index contributed by atoms with van der Waals surface area (Å²) in [7, 11) is 0. The standard InChI is InChI=1S/C26H26N2O4/c29-23(19-6-8-24-25(16-19)32-15-3-14-31-24)7-9-26(30)28-12-10-18(11-13-28)21-17-27-22-5-2-1-4-20(21)22/h1-2,4-6,8,10,16-17,27H,3,7,9,11-15H2. The number of aromatic nitrogens is 1. The second-order valence-corrected chi connectivity index (χ2v) is 8.20. The number of rotatable bonds is 5. The third-order valence-electron chi connectivity index (χ3n) is 6.13. The van der Waals surface area contributed by atoms with Gasteiger partial charge in [0.05, 0.1) is 13.2 Å². The van der Waals surface area contributed by atoms with Crippen LogP contribution in [0.25, 0.3) is 16.5 Å². The normalized spacial score (nSPS) is 15.9. The van der Waals surface area contributed by atoms with Gasteiger partial charge in [-0.3, -0.25) is 9.59 Å². The Morgan fingerprint density at radius 3 is 2.69 bits per heavy atom. The molecule has 2 aliphatic heterocycles. The molecule has 2 aliphatic rings. The van der Waals surface area contributed by atoms with Crippen LogP contribution in [0.3, 0.4) is 0 Å². The van der Waals surface area contributed by atoms with E-state index in [2.05, 4.69) is 23.2 Å². The lowest BCUT2D eigenvalue weighted by atomic mass is 9.98. The highest BCUT2D eigenvalue weighted by Gasteiger charge is 2.21. The molecule has 0 radical (unpaired) electrons. The number of para-hydroxylation sites is 1. The third kappa shape index (κ3) is 4.13. The van der Waals surface area contributed by atoms with E-state index in [1.54, 1.807) is 18.2 Å². The Balaban J connectivity index is 1.18. The molecular weight excluding hydrogens is 404 g/mol. The molecule has 0 spiro atoms. The average Bonchev–Trinajstić information content (AvgIpc) is 3.12. The van der Waals surface area contributed by atoms with E-state index in [4.69, 9.17) is 9.47 Å². The van der Waals surface area contributed by atoms with Crippen molar-refractivity contribution in [1.82, 2.24) is 9.88 Å². The van der Waals surface area contributed by atoms with E-state index in [-0.39, 0.29) is 24.5 Å². The molecule has 0 saturated carbocycles. The van der Waals surface area contributed by atoms with E-state index in [0.29, 0.717) is 43.4 Å². The molecule has 3 aromatic rings. The highest BCUT2D eigenvalue weighted by molar-refractivity contribution is 5.98. The molecule has 3 heterocycles. The Hall–Kier alpha value is -3.54. The van der Waals surface area contributed by atoms with E-state index in [0.717, 1.165) is 18.4 Å². The minimum absolute atomic E-state index is 0.0157. The van der Waals surface area contributed by atoms with Crippen LogP contribution in [0, 0.1) is 0 Å². The second kappa shape index (κ2) is 8.91. The number of hydrogen-bond donors (Lipinski definition) is 1. The number of nitrogens with one attached hydrogen (secondary N) is 1. The summed E-state index contributed by atoms with van der Waals surface area (Å²) in [6, 6.07) is 13.5. The zero-order valence-corrected chi connectivity index (χ0v) is 17.9. The lowest BCUT2D eigenvalue weighted by Crippen LogP contribution is -2.34. The van der Waals surface area contributed by atoms with Gasteiger partial charge in [-0.25, -0.2) is 0 Å². The predicted molar refractivity (Wildman–Crippen MR) is 123 cm³/mol. The van der Waals surface area contributed by atoms with Gasteiger partial charge < -0.3 is 19.4 Å². The summed E-state index contributed by atoms with van der Waals surface area (Å²) in [6.45, 7) is 2.43. The van der Waals surface area contributed by atoms with Gasteiger partial charge in [-0.2, -0.15) is 0 Å². The maximum Gasteiger partial charge on any atom is 0.223 e. The van der Waals surface area contributed by atoms with E-state index < -0.39 is 0 Å². The Labute approximate surface area is 186 Å². The molecule has 0 aliphatic carbocycles. The molecule has 1 amide bonds. The van der Waals surface area contributed by atoms with Crippen LogP contribution < -0.4 is 9.47 Å². The highest BCUT2D eigenvalue weighted by atomic mass is 16.5. The van der Waals surface area contributed by atoms with Gasteiger partial charge >= 0.3 is 0 Å².